The Kier molecular flexibility index (Phi) is 5.86. The molecule has 1 saturated heterocycles. The summed E-state index contributed by atoms with van der Waals surface area (Å²) in [5.74, 6) is 1.73. The fourth-order valence-electron chi connectivity index (χ4n) is 5.07. The molecule has 1 aromatic carbocycles. The van der Waals surface area contributed by atoms with Gasteiger partial charge in [0.05, 0.1) is 32.7 Å². The minimum atomic E-state index is -0.636. The highest BCUT2D eigenvalue weighted by atomic mass is 16.8. The van der Waals surface area contributed by atoms with Gasteiger partial charge in [-0.25, -0.2) is 15.0 Å². The second-order valence-electron chi connectivity index (χ2n) is 9.11. The van der Waals surface area contributed by atoms with Gasteiger partial charge < -0.3 is 33.8 Å². The molecule has 5 rings (SSSR count). The van der Waals surface area contributed by atoms with Gasteiger partial charge in [-0.2, -0.15) is 0 Å². The summed E-state index contributed by atoms with van der Waals surface area (Å²) in [4.78, 5) is 17.8. The van der Waals surface area contributed by atoms with Gasteiger partial charge in [-0.1, -0.05) is 0 Å². The molecule has 2 aromatic heterocycles. The maximum Gasteiger partial charge on any atom is 0.165 e. The van der Waals surface area contributed by atoms with Crippen LogP contribution >= 0.6 is 0 Å². The summed E-state index contributed by atoms with van der Waals surface area (Å²) in [6.07, 6.45) is 4.09. The van der Waals surface area contributed by atoms with Crippen LogP contribution in [0.4, 0.5) is 5.82 Å². The largest absolute Gasteiger partial charge is 0.497 e. The number of methoxy groups -OCH3 is 2. The van der Waals surface area contributed by atoms with E-state index in [1.165, 1.54) is 0 Å². The molecule has 3 heterocycles. The number of aliphatic imine (C=N–C) groups is 1. The number of aromatic nitrogens is 4. The quantitative estimate of drug-likeness (QED) is 0.505. The van der Waals surface area contributed by atoms with Crippen LogP contribution in [0.15, 0.2) is 35.8 Å². The van der Waals surface area contributed by atoms with Crippen molar-refractivity contribution in [2.45, 2.75) is 50.8 Å². The highest BCUT2D eigenvalue weighted by Crippen LogP contribution is 2.47. The van der Waals surface area contributed by atoms with E-state index in [1.54, 1.807) is 20.5 Å². The number of nitrogens with one attached hydrogen (secondary N) is 1. The van der Waals surface area contributed by atoms with Crippen molar-refractivity contribution in [2.24, 2.45) is 10.9 Å². The summed E-state index contributed by atoms with van der Waals surface area (Å²) in [6, 6.07) is 5.76. The highest BCUT2D eigenvalue weighted by molar-refractivity contribution is 5.82. The first-order valence-electron chi connectivity index (χ1n) is 11.3. The number of hydrogen-bond donors (Lipinski definition) is 1. The van der Waals surface area contributed by atoms with E-state index in [9.17, 15) is 0 Å². The minimum absolute atomic E-state index is 0.0351. The zero-order valence-corrected chi connectivity index (χ0v) is 19.9. The summed E-state index contributed by atoms with van der Waals surface area (Å²) in [7, 11) is 3.27. The molecule has 1 aliphatic carbocycles. The lowest BCUT2D eigenvalue weighted by atomic mass is 10.1. The van der Waals surface area contributed by atoms with Crippen LogP contribution in [0.1, 0.15) is 31.9 Å². The molecule has 1 aliphatic heterocycles. The van der Waals surface area contributed by atoms with Crippen LogP contribution in [0, 0.1) is 5.92 Å². The third-order valence-electron chi connectivity index (χ3n) is 6.57. The summed E-state index contributed by atoms with van der Waals surface area (Å²) in [6.45, 7) is 8.73. The Bertz CT molecular complexity index is 1200. The van der Waals surface area contributed by atoms with Crippen molar-refractivity contribution in [3.63, 3.8) is 0 Å². The second-order valence-corrected chi connectivity index (χ2v) is 9.11. The number of hydrogen-bond acceptors (Lipinski definition) is 9. The maximum atomic E-state index is 6.30. The van der Waals surface area contributed by atoms with Crippen LogP contribution in [0.25, 0.3) is 11.2 Å². The predicted molar refractivity (Wildman–Crippen MR) is 128 cm³/mol. The number of benzene rings is 1. The van der Waals surface area contributed by atoms with Crippen molar-refractivity contribution in [3.8, 4) is 11.5 Å². The highest BCUT2D eigenvalue weighted by Gasteiger charge is 2.54. The van der Waals surface area contributed by atoms with E-state index >= 15 is 0 Å². The van der Waals surface area contributed by atoms with Crippen LogP contribution in [-0.2, 0) is 16.0 Å². The van der Waals surface area contributed by atoms with E-state index < -0.39 is 5.79 Å². The molecule has 1 saturated carbocycles. The molecule has 0 amide bonds. The van der Waals surface area contributed by atoms with E-state index in [4.69, 9.17) is 18.9 Å². The van der Waals surface area contributed by atoms with Gasteiger partial charge in [0.1, 0.15) is 29.4 Å². The maximum absolute atomic E-state index is 6.30. The van der Waals surface area contributed by atoms with Crippen molar-refractivity contribution in [1.29, 1.82) is 0 Å². The fourth-order valence-corrected chi connectivity index (χ4v) is 5.07. The third-order valence-corrected chi connectivity index (χ3v) is 6.57. The Hall–Kier alpha value is -3.24. The summed E-state index contributed by atoms with van der Waals surface area (Å²) >= 11 is 0. The van der Waals surface area contributed by atoms with Crippen LogP contribution in [-0.4, -0.2) is 65.0 Å². The Labute approximate surface area is 198 Å². The molecular weight excluding hydrogens is 436 g/mol. The first kappa shape index (κ1) is 22.5. The zero-order valence-electron chi connectivity index (χ0n) is 19.9. The molecule has 3 aromatic rings. The molecule has 1 N–H and O–H groups in total. The lowest BCUT2D eigenvalue weighted by molar-refractivity contribution is -0.159. The van der Waals surface area contributed by atoms with Crippen molar-refractivity contribution in [3.05, 3.63) is 36.4 Å². The van der Waals surface area contributed by atoms with Crippen molar-refractivity contribution in [1.82, 2.24) is 19.5 Å². The van der Waals surface area contributed by atoms with Gasteiger partial charge in [0.2, 0.25) is 0 Å². The number of imidazole rings is 1. The van der Waals surface area contributed by atoms with Gasteiger partial charge in [0.25, 0.3) is 0 Å². The van der Waals surface area contributed by atoms with Gasteiger partial charge in [-0.3, -0.25) is 0 Å². The first-order valence-corrected chi connectivity index (χ1v) is 11.3. The molecule has 10 heteroatoms. The Morgan fingerprint density at radius 3 is 2.76 bits per heavy atom. The molecular formula is C24H30N6O4. The van der Waals surface area contributed by atoms with Crippen molar-refractivity contribution in [2.75, 3.05) is 26.1 Å². The normalized spacial score (nSPS) is 25.3. The molecule has 34 heavy (non-hydrogen) atoms. The monoisotopic (exact) mass is 466 g/mol. The number of anilines is 1. The smallest absolute Gasteiger partial charge is 0.165 e. The van der Waals surface area contributed by atoms with Crippen LogP contribution in [0.5, 0.6) is 11.5 Å². The van der Waals surface area contributed by atoms with Crippen molar-refractivity contribution < 1.29 is 18.9 Å². The lowest BCUT2D eigenvalue weighted by Gasteiger charge is -2.23. The summed E-state index contributed by atoms with van der Waals surface area (Å²) in [5, 5.41) is 3.38. The number of ether oxygens (including phenoxy) is 4. The molecule has 180 valence electrons. The second kappa shape index (κ2) is 8.84. The van der Waals surface area contributed by atoms with Gasteiger partial charge in [-0.05, 0) is 39.1 Å². The van der Waals surface area contributed by atoms with E-state index in [-0.39, 0.29) is 24.2 Å². The average Bonchev–Trinajstić information content (AvgIpc) is 3.49. The average molecular weight is 467 g/mol. The van der Waals surface area contributed by atoms with Gasteiger partial charge in [0.15, 0.2) is 17.3 Å². The van der Waals surface area contributed by atoms with Crippen molar-refractivity contribution >= 4 is 23.7 Å². The predicted octanol–water partition coefficient (Wildman–Crippen LogP) is 3.24. The van der Waals surface area contributed by atoms with E-state index in [0.717, 1.165) is 29.1 Å². The Morgan fingerprint density at radius 1 is 1.18 bits per heavy atom. The van der Waals surface area contributed by atoms with E-state index in [2.05, 4.69) is 36.5 Å². The summed E-state index contributed by atoms with van der Waals surface area (Å²) in [5.41, 5.74) is 2.44. The molecule has 0 spiro atoms. The third kappa shape index (κ3) is 3.97. The molecule has 2 aliphatic rings. The SMILES string of the molecule is C=NC[C@H]1C[C@@H](n2cnc3c(NCc4ccc(OC)cc4OC)ncnc32)[C@@H]2OC(C)(C)O[C@H]12. The summed E-state index contributed by atoms with van der Waals surface area (Å²) < 4.78 is 25.4. The first-order chi connectivity index (χ1) is 16.4. The fraction of sp³-hybridized carbons (Fsp3) is 0.500. The molecule has 0 radical (unpaired) electrons. The Morgan fingerprint density at radius 2 is 2.00 bits per heavy atom. The number of fused-ring (bicyclic) bond motifs is 2. The zero-order chi connectivity index (χ0) is 23.9. The molecule has 0 bridgehead atoms. The molecule has 2 fully saturated rings. The number of rotatable bonds is 8. The lowest BCUT2D eigenvalue weighted by Crippen LogP contribution is -2.27. The van der Waals surface area contributed by atoms with Crippen LogP contribution in [0.3, 0.4) is 0 Å². The van der Waals surface area contributed by atoms with Gasteiger partial charge in [0, 0.05) is 30.6 Å². The molecule has 10 nitrogen and oxygen atoms in total. The van der Waals surface area contributed by atoms with Crippen LogP contribution < -0.4 is 14.8 Å². The van der Waals surface area contributed by atoms with Gasteiger partial charge in [-0.15, -0.1) is 0 Å². The topological polar surface area (TPSA) is 105 Å². The minimum Gasteiger partial charge on any atom is -0.497 e. The van der Waals surface area contributed by atoms with E-state index in [0.29, 0.717) is 24.4 Å². The van der Waals surface area contributed by atoms with Gasteiger partial charge >= 0.3 is 0 Å². The van der Waals surface area contributed by atoms with E-state index in [1.807, 2.05) is 38.4 Å². The molecule has 4 atom stereocenters. The standard InChI is InChI=1S/C24H30N6O4/c1-24(2)33-20-15(10-25-3)8-17(21(20)34-24)30-13-29-19-22(27-12-28-23(19)30)26-11-14-6-7-16(31-4)9-18(14)32-5/h6-7,9,12-13,15,17,20-21H,3,8,10-11H2,1-2,4-5H3,(H,26,27,28)/t15-,17-,20-,21+/m1/s1. The molecule has 0 unspecified atom stereocenters. The van der Waals surface area contributed by atoms with Crippen LogP contribution in [0.2, 0.25) is 0 Å². The number of nitrogens with zero attached hydrogens (tertiary/aromatic N) is 5. The Balaban J connectivity index is 1.41.